The van der Waals surface area contributed by atoms with Crippen LogP contribution in [0.1, 0.15) is 39.9 Å². The molecule has 1 fully saturated rings. The maximum Gasteiger partial charge on any atom is 0.251 e. The van der Waals surface area contributed by atoms with Crippen LogP contribution in [0.4, 0.5) is 0 Å². The largest absolute Gasteiger partial charge is 0.395 e. The fourth-order valence-electron chi connectivity index (χ4n) is 3.42. The zero-order valence-electron chi connectivity index (χ0n) is 14.7. The molecule has 134 valence electrons. The van der Waals surface area contributed by atoms with E-state index < -0.39 is 0 Å². The standard InChI is InChI=1S/C21H23N3O2/c22-12-16-5-3-8-17(11-16)21(26)23-13-18-6-1-2-7-19(18)14-24-10-4-9-20(24)15-25/h1-3,5-8,11,20,25H,4,9-10,13-15H2,(H,23,26)/t20-/m0/s1. The first kappa shape index (κ1) is 18.1. The summed E-state index contributed by atoms with van der Waals surface area (Å²) in [6.07, 6.45) is 2.14. The molecule has 2 aromatic carbocycles. The molecule has 1 heterocycles. The molecule has 1 aliphatic rings. The fourth-order valence-corrected chi connectivity index (χ4v) is 3.42. The van der Waals surface area contributed by atoms with E-state index in [0.717, 1.165) is 31.5 Å². The molecule has 26 heavy (non-hydrogen) atoms. The summed E-state index contributed by atoms with van der Waals surface area (Å²) in [7, 11) is 0. The Hall–Kier alpha value is -2.68. The number of hydrogen-bond donors (Lipinski definition) is 2. The van der Waals surface area contributed by atoms with Gasteiger partial charge in [0.25, 0.3) is 5.91 Å². The highest BCUT2D eigenvalue weighted by Gasteiger charge is 2.24. The summed E-state index contributed by atoms with van der Waals surface area (Å²) in [6, 6.07) is 17.0. The van der Waals surface area contributed by atoms with Crippen LogP contribution in [-0.4, -0.2) is 35.1 Å². The van der Waals surface area contributed by atoms with E-state index in [1.807, 2.05) is 24.3 Å². The van der Waals surface area contributed by atoms with Crippen molar-refractivity contribution in [3.63, 3.8) is 0 Å². The zero-order valence-corrected chi connectivity index (χ0v) is 14.7. The van der Waals surface area contributed by atoms with E-state index in [2.05, 4.69) is 16.3 Å². The van der Waals surface area contributed by atoms with Gasteiger partial charge in [0, 0.05) is 24.7 Å². The average molecular weight is 349 g/mol. The van der Waals surface area contributed by atoms with Crippen LogP contribution in [0.5, 0.6) is 0 Å². The number of benzene rings is 2. The van der Waals surface area contributed by atoms with Gasteiger partial charge in [-0.3, -0.25) is 9.69 Å². The second-order valence-corrected chi connectivity index (χ2v) is 6.59. The normalized spacial score (nSPS) is 17.0. The minimum atomic E-state index is -0.189. The quantitative estimate of drug-likeness (QED) is 0.840. The second-order valence-electron chi connectivity index (χ2n) is 6.59. The Balaban J connectivity index is 1.66. The number of nitrogens with zero attached hydrogens (tertiary/aromatic N) is 2. The molecular formula is C21H23N3O2. The lowest BCUT2D eigenvalue weighted by Gasteiger charge is -2.24. The summed E-state index contributed by atoms with van der Waals surface area (Å²) in [6.45, 7) is 2.39. The number of carbonyl (C=O) groups excluding carboxylic acids is 1. The van der Waals surface area contributed by atoms with Crippen LogP contribution in [-0.2, 0) is 13.1 Å². The van der Waals surface area contributed by atoms with Gasteiger partial charge in [-0.2, -0.15) is 5.26 Å². The Labute approximate surface area is 153 Å². The summed E-state index contributed by atoms with van der Waals surface area (Å²) in [5.41, 5.74) is 3.20. The molecule has 0 aliphatic carbocycles. The number of carbonyl (C=O) groups is 1. The van der Waals surface area contributed by atoms with Crippen molar-refractivity contribution in [2.75, 3.05) is 13.2 Å². The molecule has 2 aromatic rings. The molecule has 0 spiro atoms. The maximum atomic E-state index is 12.4. The average Bonchev–Trinajstić information content (AvgIpc) is 3.14. The van der Waals surface area contributed by atoms with Crippen LogP contribution in [0.15, 0.2) is 48.5 Å². The molecule has 1 atom stereocenters. The minimum absolute atomic E-state index is 0.189. The molecule has 5 heteroatoms. The van der Waals surface area contributed by atoms with Crippen molar-refractivity contribution < 1.29 is 9.90 Å². The highest BCUT2D eigenvalue weighted by Crippen LogP contribution is 2.21. The van der Waals surface area contributed by atoms with Crippen molar-refractivity contribution in [1.82, 2.24) is 10.2 Å². The van der Waals surface area contributed by atoms with Gasteiger partial charge >= 0.3 is 0 Å². The summed E-state index contributed by atoms with van der Waals surface area (Å²) < 4.78 is 0. The number of rotatable bonds is 6. The van der Waals surface area contributed by atoms with Crippen molar-refractivity contribution in [2.24, 2.45) is 0 Å². The van der Waals surface area contributed by atoms with Crippen LogP contribution in [0.2, 0.25) is 0 Å². The van der Waals surface area contributed by atoms with Gasteiger partial charge in [0.2, 0.25) is 0 Å². The molecule has 0 saturated carbocycles. The molecule has 0 unspecified atom stereocenters. The summed E-state index contributed by atoms with van der Waals surface area (Å²) in [5, 5.41) is 21.4. The van der Waals surface area contributed by atoms with Crippen molar-refractivity contribution >= 4 is 5.91 Å². The second kappa shape index (κ2) is 8.61. The SMILES string of the molecule is N#Cc1cccc(C(=O)NCc2ccccc2CN2CCC[C@H]2CO)c1. The lowest BCUT2D eigenvalue weighted by atomic mass is 10.1. The number of amides is 1. The number of nitrogens with one attached hydrogen (secondary N) is 1. The predicted molar refractivity (Wildman–Crippen MR) is 99.3 cm³/mol. The molecule has 2 N–H and O–H groups in total. The van der Waals surface area contributed by atoms with Gasteiger partial charge in [-0.15, -0.1) is 0 Å². The Morgan fingerprint density at radius 2 is 2.04 bits per heavy atom. The topological polar surface area (TPSA) is 76.4 Å². The first-order valence-corrected chi connectivity index (χ1v) is 8.91. The molecule has 1 aliphatic heterocycles. The lowest BCUT2D eigenvalue weighted by Crippen LogP contribution is -2.32. The number of aliphatic hydroxyl groups excluding tert-OH is 1. The smallest absolute Gasteiger partial charge is 0.251 e. The van der Waals surface area contributed by atoms with E-state index in [1.54, 1.807) is 24.3 Å². The molecule has 5 nitrogen and oxygen atoms in total. The van der Waals surface area contributed by atoms with Gasteiger partial charge in [0.1, 0.15) is 0 Å². The molecule has 1 saturated heterocycles. The van der Waals surface area contributed by atoms with E-state index in [0.29, 0.717) is 17.7 Å². The highest BCUT2D eigenvalue weighted by atomic mass is 16.3. The van der Waals surface area contributed by atoms with Gasteiger partial charge in [-0.1, -0.05) is 30.3 Å². The Morgan fingerprint density at radius 3 is 2.81 bits per heavy atom. The predicted octanol–water partition coefficient (Wildman–Crippen LogP) is 2.44. The Kier molecular flexibility index (Phi) is 6.00. The van der Waals surface area contributed by atoms with Crippen molar-refractivity contribution in [3.05, 3.63) is 70.8 Å². The van der Waals surface area contributed by atoms with Gasteiger partial charge in [0.15, 0.2) is 0 Å². The van der Waals surface area contributed by atoms with Crippen LogP contribution in [0.25, 0.3) is 0 Å². The molecular weight excluding hydrogens is 326 g/mol. The number of aliphatic hydroxyl groups is 1. The van der Waals surface area contributed by atoms with Crippen molar-refractivity contribution in [1.29, 1.82) is 5.26 Å². The van der Waals surface area contributed by atoms with Crippen LogP contribution in [0.3, 0.4) is 0 Å². The van der Waals surface area contributed by atoms with Crippen molar-refractivity contribution in [3.8, 4) is 6.07 Å². The first-order chi connectivity index (χ1) is 12.7. The molecule has 3 rings (SSSR count). The monoisotopic (exact) mass is 349 g/mol. The first-order valence-electron chi connectivity index (χ1n) is 8.91. The highest BCUT2D eigenvalue weighted by molar-refractivity contribution is 5.94. The molecule has 0 radical (unpaired) electrons. The third-order valence-corrected chi connectivity index (χ3v) is 4.89. The number of likely N-dealkylation sites (tertiary alicyclic amines) is 1. The van der Waals surface area contributed by atoms with Gasteiger partial charge in [0.05, 0.1) is 18.2 Å². The van der Waals surface area contributed by atoms with E-state index in [1.165, 1.54) is 5.56 Å². The van der Waals surface area contributed by atoms with Gasteiger partial charge < -0.3 is 10.4 Å². The molecule has 0 aromatic heterocycles. The van der Waals surface area contributed by atoms with Crippen molar-refractivity contribution in [2.45, 2.75) is 32.0 Å². The van der Waals surface area contributed by atoms with Crippen LogP contribution in [0, 0.1) is 11.3 Å². The van der Waals surface area contributed by atoms with E-state index in [9.17, 15) is 9.90 Å². The number of hydrogen-bond acceptors (Lipinski definition) is 4. The number of nitriles is 1. The van der Waals surface area contributed by atoms with Gasteiger partial charge in [-0.25, -0.2) is 0 Å². The zero-order chi connectivity index (χ0) is 18.4. The third kappa shape index (κ3) is 4.29. The summed E-state index contributed by atoms with van der Waals surface area (Å²) >= 11 is 0. The van der Waals surface area contributed by atoms with Crippen LogP contribution < -0.4 is 5.32 Å². The van der Waals surface area contributed by atoms with Crippen LogP contribution >= 0.6 is 0 Å². The van der Waals surface area contributed by atoms with E-state index >= 15 is 0 Å². The Bertz CT molecular complexity index is 813. The minimum Gasteiger partial charge on any atom is -0.395 e. The fraction of sp³-hybridized carbons (Fsp3) is 0.333. The van der Waals surface area contributed by atoms with E-state index in [-0.39, 0.29) is 18.6 Å². The molecule has 0 bridgehead atoms. The van der Waals surface area contributed by atoms with Gasteiger partial charge in [-0.05, 0) is 48.7 Å². The lowest BCUT2D eigenvalue weighted by molar-refractivity contribution is 0.0950. The summed E-state index contributed by atoms with van der Waals surface area (Å²) in [5.74, 6) is -0.189. The van der Waals surface area contributed by atoms with E-state index in [4.69, 9.17) is 5.26 Å². The third-order valence-electron chi connectivity index (χ3n) is 4.89. The Morgan fingerprint density at radius 1 is 1.23 bits per heavy atom. The summed E-state index contributed by atoms with van der Waals surface area (Å²) in [4.78, 5) is 14.7. The maximum absolute atomic E-state index is 12.4. The molecule has 1 amide bonds.